The summed E-state index contributed by atoms with van der Waals surface area (Å²) in [7, 11) is 0. The molecular formula is C21H18ClN5OS. The third-order valence-corrected chi connectivity index (χ3v) is 6.45. The molecule has 0 radical (unpaired) electrons. The van der Waals surface area contributed by atoms with Gasteiger partial charge in [-0.3, -0.25) is 9.20 Å². The van der Waals surface area contributed by atoms with E-state index in [1.165, 1.54) is 11.3 Å². The van der Waals surface area contributed by atoms with Crippen molar-refractivity contribution in [2.75, 3.05) is 6.54 Å². The molecule has 1 aliphatic rings. The average Bonchev–Trinajstić information content (AvgIpc) is 3.47. The van der Waals surface area contributed by atoms with E-state index in [4.69, 9.17) is 11.6 Å². The van der Waals surface area contributed by atoms with Gasteiger partial charge in [-0.1, -0.05) is 35.9 Å². The van der Waals surface area contributed by atoms with Crippen molar-refractivity contribution in [3.8, 4) is 10.6 Å². The molecule has 5 rings (SSSR count). The topological polar surface area (TPSA) is 63.4 Å². The van der Waals surface area contributed by atoms with Crippen molar-refractivity contribution in [2.45, 2.75) is 25.3 Å². The van der Waals surface area contributed by atoms with Crippen molar-refractivity contribution in [3.63, 3.8) is 0 Å². The lowest BCUT2D eigenvalue weighted by atomic mass is 10.2. The first kappa shape index (κ1) is 18.3. The molecule has 1 aromatic carbocycles. The number of likely N-dealkylation sites (tertiary alicyclic amines) is 1. The summed E-state index contributed by atoms with van der Waals surface area (Å²) in [6, 6.07) is 13.4. The summed E-state index contributed by atoms with van der Waals surface area (Å²) < 4.78 is 1.97. The highest BCUT2D eigenvalue weighted by Gasteiger charge is 2.33. The summed E-state index contributed by atoms with van der Waals surface area (Å²) in [4.78, 5) is 19.6. The predicted molar refractivity (Wildman–Crippen MR) is 113 cm³/mol. The largest absolute Gasteiger partial charge is 0.332 e. The minimum absolute atomic E-state index is 0.0541. The van der Waals surface area contributed by atoms with Crippen molar-refractivity contribution in [1.29, 1.82) is 0 Å². The summed E-state index contributed by atoms with van der Waals surface area (Å²) >= 11 is 7.79. The zero-order chi connectivity index (χ0) is 19.8. The molecule has 3 aromatic heterocycles. The number of pyridine rings is 1. The van der Waals surface area contributed by atoms with Gasteiger partial charge in [0.05, 0.1) is 23.2 Å². The summed E-state index contributed by atoms with van der Waals surface area (Å²) in [5.74, 6) is 0.887. The van der Waals surface area contributed by atoms with Gasteiger partial charge in [-0.25, -0.2) is 4.98 Å². The quantitative estimate of drug-likeness (QED) is 0.487. The Morgan fingerprint density at radius 2 is 2.03 bits per heavy atom. The molecule has 6 nitrogen and oxygen atoms in total. The van der Waals surface area contributed by atoms with Crippen LogP contribution in [0.25, 0.3) is 16.2 Å². The van der Waals surface area contributed by atoms with Gasteiger partial charge in [0.25, 0.3) is 0 Å². The Bertz CT molecular complexity index is 1190. The molecule has 1 fully saturated rings. The molecule has 1 atom stereocenters. The highest BCUT2D eigenvalue weighted by molar-refractivity contribution is 7.13. The minimum Gasteiger partial charge on any atom is -0.332 e. The van der Waals surface area contributed by atoms with Gasteiger partial charge in [0.15, 0.2) is 11.5 Å². The molecule has 146 valence electrons. The van der Waals surface area contributed by atoms with E-state index in [1.807, 2.05) is 63.3 Å². The van der Waals surface area contributed by atoms with Crippen molar-refractivity contribution in [3.05, 3.63) is 70.6 Å². The van der Waals surface area contributed by atoms with Gasteiger partial charge in [-0.2, -0.15) is 0 Å². The van der Waals surface area contributed by atoms with Gasteiger partial charge in [-0.15, -0.1) is 21.5 Å². The van der Waals surface area contributed by atoms with Crippen LogP contribution in [-0.2, 0) is 11.2 Å². The average molecular weight is 424 g/mol. The van der Waals surface area contributed by atoms with Crippen LogP contribution in [0.4, 0.5) is 0 Å². The van der Waals surface area contributed by atoms with E-state index in [0.717, 1.165) is 47.1 Å². The van der Waals surface area contributed by atoms with Crippen LogP contribution in [0.1, 0.15) is 30.4 Å². The van der Waals surface area contributed by atoms with Crippen LogP contribution < -0.4 is 0 Å². The van der Waals surface area contributed by atoms with Gasteiger partial charge in [0.2, 0.25) is 5.91 Å². The molecule has 0 aliphatic carbocycles. The van der Waals surface area contributed by atoms with E-state index in [0.29, 0.717) is 5.02 Å². The summed E-state index contributed by atoms with van der Waals surface area (Å²) in [6.07, 6.45) is 4.07. The Hall–Kier alpha value is -2.77. The standard InChI is InChI=1S/C21H18ClN5OS/c22-16-7-2-1-6-15(16)21-23-14(13-29-21)12-19(28)26-11-5-8-17(26)20-25-24-18-9-3-4-10-27(18)20/h1-4,6-7,9-10,13,17H,5,8,11-12H2/t17-/m0/s1. The van der Waals surface area contributed by atoms with Crippen LogP contribution in [0, 0.1) is 0 Å². The number of fused-ring (bicyclic) bond motifs is 1. The zero-order valence-electron chi connectivity index (χ0n) is 15.5. The van der Waals surface area contributed by atoms with E-state index < -0.39 is 0 Å². The van der Waals surface area contributed by atoms with E-state index in [1.54, 1.807) is 0 Å². The molecule has 0 N–H and O–H groups in total. The highest BCUT2D eigenvalue weighted by Crippen LogP contribution is 2.33. The maximum Gasteiger partial charge on any atom is 0.229 e. The number of nitrogens with zero attached hydrogens (tertiary/aromatic N) is 5. The molecule has 1 aliphatic heterocycles. The van der Waals surface area contributed by atoms with Crippen LogP contribution in [0.2, 0.25) is 5.02 Å². The Morgan fingerprint density at radius 3 is 2.93 bits per heavy atom. The number of benzene rings is 1. The zero-order valence-corrected chi connectivity index (χ0v) is 17.1. The molecule has 1 amide bonds. The Balaban J connectivity index is 1.36. The third kappa shape index (κ3) is 3.41. The number of halogens is 1. The Labute approximate surface area is 176 Å². The molecule has 0 unspecified atom stereocenters. The SMILES string of the molecule is O=C(Cc1csc(-c2ccccc2Cl)n1)N1CCC[C@H]1c1nnc2ccccn12. The number of hydrogen-bond donors (Lipinski definition) is 0. The van der Waals surface area contributed by atoms with Crippen LogP contribution in [0.3, 0.4) is 0 Å². The molecule has 4 aromatic rings. The molecule has 1 saturated heterocycles. The van der Waals surface area contributed by atoms with Crippen LogP contribution in [0.5, 0.6) is 0 Å². The fourth-order valence-electron chi connectivity index (χ4n) is 3.82. The first-order valence-corrected chi connectivity index (χ1v) is 10.7. The second-order valence-electron chi connectivity index (χ2n) is 7.03. The molecule has 0 bridgehead atoms. The number of carbonyl (C=O) groups excluding carboxylic acids is 1. The first-order chi connectivity index (χ1) is 14.2. The predicted octanol–water partition coefficient (Wildman–Crippen LogP) is 4.41. The molecule has 29 heavy (non-hydrogen) atoms. The second kappa shape index (κ2) is 7.57. The summed E-state index contributed by atoms with van der Waals surface area (Å²) in [5, 5.41) is 12.0. The monoisotopic (exact) mass is 423 g/mol. The van der Waals surface area contributed by atoms with Crippen molar-refractivity contribution >= 4 is 34.5 Å². The van der Waals surface area contributed by atoms with Crippen molar-refractivity contribution in [2.24, 2.45) is 0 Å². The molecular weight excluding hydrogens is 406 g/mol. The number of carbonyl (C=O) groups is 1. The smallest absolute Gasteiger partial charge is 0.229 e. The lowest BCUT2D eigenvalue weighted by Crippen LogP contribution is -2.32. The van der Waals surface area contributed by atoms with Gasteiger partial charge in [0, 0.05) is 23.7 Å². The van der Waals surface area contributed by atoms with Gasteiger partial charge in [-0.05, 0) is 31.0 Å². The second-order valence-corrected chi connectivity index (χ2v) is 8.30. The number of aromatic nitrogens is 4. The number of amides is 1. The van der Waals surface area contributed by atoms with E-state index >= 15 is 0 Å². The maximum atomic E-state index is 13.1. The number of thiazole rings is 1. The van der Waals surface area contributed by atoms with Crippen molar-refractivity contribution < 1.29 is 4.79 Å². The highest BCUT2D eigenvalue weighted by atomic mass is 35.5. The number of rotatable bonds is 4. The maximum absolute atomic E-state index is 13.1. The van der Waals surface area contributed by atoms with Crippen molar-refractivity contribution in [1.82, 2.24) is 24.5 Å². The normalized spacial score (nSPS) is 16.6. The first-order valence-electron chi connectivity index (χ1n) is 9.49. The fourth-order valence-corrected chi connectivity index (χ4v) is 4.96. The van der Waals surface area contributed by atoms with Gasteiger partial charge in [0.1, 0.15) is 5.01 Å². The molecule has 0 saturated carbocycles. The van der Waals surface area contributed by atoms with E-state index in [9.17, 15) is 4.79 Å². The Kier molecular flexibility index (Phi) is 4.77. The van der Waals surface area contributed by atoms with Crippen LogP contribution >= 0.6 is 22.9 Å². The molecule has 0 spiro atoms. The van der Waals surface area contributed by atoms with Crippen LogP contribution in [0.15, 0.2) is 54.0 Å². The fraction of sp³-hybridized carbons (Fsp3) is 0.238. The van der Waals surface area contributed by atoms with Crippen LogP contribution in [-0.4, -0.2) is 36.9 Å². The van der Waals surface area contributed by atoms with Gasteiger partial charge < -0.3 is 4.90 Å². The molecule has 8 heteroatoms. The lowest BCUT2D eigenvalue weighted by Gasteiger charge is -2.23. The van der Waals surface area contributed by atoms with Gasteiger partial charge >= 0.3 is 0 Å². The summed E-state index contributed by atoms with van der Waals surface area (Å²) in [5.41, 5.74) is 2.46. The number of hydrogen-bond acceptors (Lipinski definition) is 5. The summed E-state index contributed by atoms with van der Waals surface area (Å²) in [6.45, 7) is 0.729. The molecule has 4 heterocycles. The van der Waals surface area contributed by atoms with E-state index in [-0.39, 0.29) is 18.4 Å². The third-order valence-electron chi connectivity index (χ3n) is 5.20. The Morgan fingerprint density at radius 1 is 1.17 bits per heavy atom. The van der Waals surface area contributed by atoms with E-state index in [2.05, 4.69) is 15.2 Å². The lowest BCUT2D eigenvalue weighted by molar-refractivity contribution is -0.131. The minimum atomic E-state index is -0.0541.